The Bertz CT molecular complexity index is 136. The van der Waals surface area contributed by atoms with Gasteiger partial charge in [0.05, 0.1) is 11.1 Å². The summed E-state index contributed by atoms with van der Waals surface area (Å²) in [6.45, 7) is 6.18. The Balaban J connectivity index is 3.98. The number of thioether (sulfide) groups is 1. The minimum atomic E-state index is -0.0300. The molecule has 0 bridgehead atoms. The van der Waals surface area contributed by atoms with Crippen LogP contribution in [0.15, 0.2) is 17.1 Å². The first-order chi connectivity index (χ1) is 4.62. The SMILES string of the molecule is C/C=C\C(C)(C)N=CSC. The molecule has 10 heavy (non-hydrogen) atoms. The van der Waals surface area contributed by atoms with E-state index in [0.29, 0.717) is 0 Å². The molecule has 0 unspecified atom stereocenters. The van der Waals surface area contributed by atoms with Crippen molar-refractivity contribution in [2.24, 2.45) is 4.99 Å². The van der Waals surface area contributed by atoms with Crippen LogP contribution >= 0.6 is 11.8 Å². The molecule has 0 saturated heterocycles. The predicted octanol–water partition coefficient (Wildman–Crippen LogP) is 2.73. The van der Waals surface area contributed by atoms with E-state index in [-0.39, 0.29) is 5.54 Å². The number of nitrogens with zero attached hydrogens (tertiary/aromatic N) is 1. The Labute approximate surface area is 67.6 Å². The first-order valence-electron chi connectivity index (χ1n) is 3.33. The van der Waals surface area contributed by atoms with Gasteiger partial charge in [0.2, 0.25) is 0 Å². The van der Waals surface area contributed by atoms with Crippen molar-refractivity contribution in [3.05, 3.63) is 12.2 Å². The fraction of sp³-hybridized carbons (Fsp3) is 0.625. The highest BCUT2D eigenvalue weighted by Crippen LogP contribution is 2.10. The Morgan fingerprint density at radius 2 is 2.00 bits per heavy atom. The Hall–Kier alpha value is -0.240. The molecule has 0 atom stereocenters. The molecule has 0 aliphatic rings. The average Bonchev–Trinajstić information content (AvgIpc) is 1.84. The zero-order valence-electron chi connectivity index (χ0n) is 7.09. The van der Waals surface area contributed by atoms with Gasteiger partial charge in [0.1, 0.15) is 0 Å². The Kier molecular flexibility index (Phi) is 4.45. The lowest BCUT2D eigenvalue weighted by Gasteiger charge is -2.12. The third-order valence-electron chi connectivity index (χ3n) is 1.07. The van der Waals surface area contributed by atoms with E-state index in [1.807, 2.05) is 24.8 Å². The largest absolute Gasteiger partial charge is 0.276 e. The molecule has 1 nitrogen and oxygen atoms in total. The predicted molar refractivity (Wildman–Crippen MR) is 50.9 cm³/mol. The van der Waals surface area contributed by atoms with Crippen molar-refractivity contribution in [1.82, 2.24) is 0 Å². The van der Waals surface area contributed by atoms with Crippen LogP contribution in [0.5, 0.6) is 0 Å². The molecule has 2 heteroatoms. The molecular formula is C8H15NS. The highest BCUT2D eigenvalue weighted by Gasteiger charge is 2.07. The lowest BCUT2D eigenvalue weighted by molar-refractivity contribution is 0.661. The van der Waals surface area contributed by atoms with Gasteiger partial charge in [-0.3, -0.25) is 4.99 Å². The van der Waals surface area contributed by atoms with Gasteiger partial charge in [-0.2, -0.15) is 0 Å². The van der Waals surface area contributed by atoms with Crippen molar-refractivity contribution in [2.75, 3.05) is 6.26 Å². The molecule has 0 saturated carbocycles. The first-order valence-corrected chi connectivity index (χ1v) is 4.61. The fourth-order valence-corrected chi connectivity index (χ4v) is 1.02. The van der Waals surface area contributed by atoms with E-state index in [1.54, 1.807) is 11.8 Å². The van der Waals surface area contributed by atoms with Gasteiger partial charge in [-0.1, -0.05) is 12.2 Å². The van der Waals surface area contributed by atoms with Gasteiger partial charge in [0.15, 0.2) is 0 Å². The van der Waals surface area contributed by atoms with Gasteiger partial charge in [0, 0.05) is 0 Å². The minimum Gasteiger partial charge on any atom is -0.276 e. The highest BCUT2D eigenvalue weighted by atomic mass is 32.2. The monoisotopic (exact) mass is 157 g/mol. The summed E-state index contributed by atoms with van der Waals surface area (Å²) >= 11 is 1.63. The molecule has 0 rings (SSSR count). The average molecular weight is 157 g/mol. The third-order valence-corrected chi connectivity index (χ3v) is 1.38. The van der Waals surface area contributed by atoms with E-state index in [4.69, 9.17) is 0 Å². The molecule has 0 aromatic carbocycles. The first kappa shape index (κ1) is 9.76. The Morgan fingerprint density at radius 1 is 1.40 bits per heavy atom. The van der Waals surface area contributed by atoms with Crippen LogP contribution in [0.25, 0.3) is 0 Å². The van der Waals surface area contributed by atoms with Crippen LogP contribution < -0.4 is 0 Å². The molecule has 0 spiro atoms. The molecule has 0 amide bonds. The highest BCUT2D eigenvalue weighted by molar-refractivity contribution is 8.11. The summed E-state index contributed by atoms with van der Waals surface area (Å²) in [6, 6.07) is 0. The number of hydrogen-bond donors (Lipinski definition) is 0. The van der Waals surface area contributed by atoms with Gasteiger partial charge in [-0.15, -0.1) is 11.8 Å². The van der Waals surface area contributed by atoms with Crippen molar-refractivity contribution >= 4 is 17.3 Å². The van der Waals surface area contributed by atoms with Crippen LogP contribution in [-0.2, 0) is 0 Å². The summed E-state index contributed by atoms with van der Waals surface area (Å²) in [4.78, 5) is 4.32. The fourth-order valence-electron chi connectivity index (χ4n) is 0.639. The van der Waals surface area contributed by atoms with Crippen molar-refractivity contribution < 1.29 is 0 Å². The van der Waals surface area contributed by atoms with Crippen molar-refractivity contribution in [2.45, 2.75) is 26.3 Å². The van der Waals surface area contributed by atoms with Crippen LogP contribution in [-0.4, -0.2) is 17.3 Å². The summed E-state index contributed by atoms with van der Waals surface area (Å²) in [5.41, 5.74) is 1.85. The van der Waals surface area contributed by atoms with Crippen LogP contribution in [0.1, 0.15) is 20.8 Å². The second-order valence-electron chi connectivity index (χ2n) is 2.62. The van der Waals surface area contributed by atoms with Crippen LogP contribution in [0.3, 0.4) is 0 Å². The van der Waals surface area contributed by atoms with Crippen LogP contribution in [0.2, 0.25) is 0 Å². The van der Waals surface area contributed by atoms with E-state index in [9.17, 15) is 0 Å². The number of hydrogen-bond acceptors (Lipinski definition) is 2. The second-order valence-corrected chi connectivity index (χ2v) is 3.31. The summed E-state index contributed by atoms with van der Waals surface area (Å²) in [5, 5.41) is 0. The van der Waals surface area contributed by atoms with Gasteiger partial charge in [-0.05, 0) is 27.0 Å². The van der Waals surface area contributed by atoms with Crippen molar-refractivity contribution in [3.8, 4) is 0 Å². The summed E-state index contributed by atoms with van der Waals surface area (Å²) < 4.78 is 0. The minimum absolute atomic E-state index is 0.0300. The number of aliphatic imine (C=N–C) groups is 1. The summed E-state index contributed by atoms with van der Waals surface area (Å²) in [5.74, 6) is 0. The second kappa shape index (κ2) is 4.56. The number of rotatable bonds is 3. The topological polar surface area (TPSA) is 12.4 Å². The molecule has 0 aromatic rings. The molecule has 0 fully saturated rings. The van der Waals surface area contributed by atoms with Gasteiger partial charge in [-0.25, -0.2) is 0 Å². The van der Waals surface area contributed by atoms with E-state index >= 15 is 0 Å². The maximum absolute atomic E-state index is 4.32. The lowest BCUT2D eigenvalue weighted by atomic mass is 10.1. The maximum Gasteiger partial charge on any atom is 0.0737 e. The van der Waals surface area contributed by atoms with Crippen molar-refractivity contribution in [1.29, 1.82) is 0 Å². The van der Waals surface area contributed by atoms with Crippen LogP contribution in [0.4, 0.5) is 0 Å². The molecule has 0 radical (unpaired) electrons. The van der Waals surface area contributed by atoms with Crippen molar-refractivity contribution in [3.63, 3.8) is 0 Å². The maximum atomic E-state index is 4.32. The molecule has 58 valence electrons. The van der Waals surface area contributed by atoms with E-state index < -0.39 is 0 Å². The van der Waals surface area contributed by atoms with E-state index in [2.05, 4.69) is 24.9 Å². The summed E-state index contributed by atoms with van der Waals surface area (Å²) in [7, 11) is 0. The zero-order valence-corrected chi connectivity index (χ0v) is 7.90. The zero-order chi connectivity index (χ0) is 8.04. The van der Waals surface area contributed by atoms with Gasteiger partial charge in [0.25, 0.3) is 0 Å². The Morgan fingerprint density at radius 3 is 2.40 bits per heavy atom. The lowest BCUT2D eigenvalue weighted by Crippen LogP contribution is -2.11. The molecule has 0 aliphatic carbocycles. The molecule has 0 N–H and O–H groups in total. The third kappa shape index (κ3) is 4.62. The van der Waals surface area contributed by atoms with Crippen LogP contribution in [0, 0.1) is 0 Å². The van der Waals surface area contributed by atoms with E-state index in [0.717, 1.165) is 0 Å². The quantitative estimate of drug-likeness (QED) is 0.348. The van der Waals surface area contributed by atoms with Gasteiger partial charge < -0.3 is 0 Å². The molecule has 0 heterocycles. The van der Waals surface area contributed by atoms with E-state index in [1.165, 1.54) is 0 Å². The number of allylic oxidation sites excluding steroid dienone is 1. The normalized spacial score (nSPS) is 13.6. The smallest absolute Gasteiger partial charge is 0.0737 e. The molecule has 0 aromatic heterocycles. The van der Waals surface area contributed by atoms with Gasteiger partial charge >= 0.3 is 0 Å². The molecule has 0 aliphatic heterocycles. The standard InChI is InChI=1S/C8H15NS/c1-5-6-8(2,3)9-7-10-4/h5-7H,1-4H3/b6-5-,9-7?. The summed E-state index contributed by atoms with van der Waals surface area (Å²) in [6.07, 6.45) is 6.12. The molecular weight excluding hydrogens is 142 g/mol.